The van der Waals surface area contributed by atoms with Crippen molar-refractivity contribution in [1.82, 2.24) is 4.72 Å². The zero-order valence-electron chi connectivity index (χ0n) is 10.6. The summed E-state index contributed by atoms with van der Waals surface area (Å²) in [6.45, 7) is -0.0479. The molecule has 0 radical (unpaired) electrons. The minimum Gasteiger partial charge on any atom is -0.392 e. The highest BCUT2D eigenvalue weighted by Gasteiger charge is 2.13. The molecule has 0 amide bonds. The van der Waals surface area contributed by atoms with Gasteiger partial charge in [-0.2, -0.15) is 0 Å². The van der Waals surface area contributed by atoms with Crippen molar-refractivity contribution in [2.45, 2.75) is 18.0 Å². The van der Waals surface area contributed by atoms with Crippen molar-refractivity contribution in [2.24, 2.45) is 0 Å². The van der Waals surface area contributed by atoms with Crippen LogP contribution in [-0.4, -0.2) is 13.5 Å². The molecule has 0 aliphatic carbocycles. The molecule has 20 heavy (non-hydrogen) atoms. The molecule has 2 rings (SSSR count). The van der Waals surface area contributed by atoms with E-state index < -0.39 is 10.0 Å². The number of hydrogen-bond acceptors (Lipinski definition) is 3. The molecule has 0 spiro atoms. The topological polar surface area (TPSA) is 66.4 Å². The molecule has 0 aliphatic rings. The average molecular weight is 295 g/mol. The van der Waals surface area contributed by atoms with Crippen LogP contribution in [-0.2, 0) is 23.2 Å². The normalized spacial score (nSPS) is 11.5. The molecule has 0 bridgehead atoms. The molecule has 0 aliphatic heterocycles. The number of aliphatic hydroxyl groups excluding tert-OH is 1. The van der Waals surface area contributed by atoms with Crippen LogP contribution in [0.1, 0.15) is 11.1 Å². The van der Waals surface area contributed by atoms with Crippen molar-refractivity contribution < 1.29 is 17.9 Å². The molecule has 0 saturated carbocycles. The van der Waals surface area contributed by atoms with E-state index in [1.807, 2.05) is 0 Å². The van der Waals surface area contributed by atoms with Crippen LogP contribution in [0, 0.1) is 5.82 Å². The Kier molecular flexibility index (Phi) is 4.49. The van der Waals surface area contributed by atoms with Crippen LogP contribution in [0.25, 0.3) is 0 Å². The quantitative estimate of drug-likeness (QED) is 0.884. The van der Waals surface area contributed by atoms with E-state index in [4.69, 9.17) is 5.11 Å². The van der Waals surface area contributed by atoms with Gasteiger partial charge in [-0.05, 0) is 35.4 Å². The average Bonchev–Trinajstić information content (AvgIpc) is 2.47. The monoisotopic (exact) mass is 295 g/mol. The predicted molar refractivity (Wildman–Crippen MR) is 72.8 cm³/mol. The fourth-order valence-corrected chi connectivity index (χ4v) is 2.66. The van der Waals surface area contributed by atoms with Crippen molar-refractivity contribution in [2.75, 3.05) is 0 Å². The Morgan fingerprint density at radius 1 is 0.950 bits per heavy atom. The molecule has 2 N–H and O–H groups in total. The maximum Gasteiger partial charge on any atom is 0.240 e. The van der Waals surface area contributed by atoms with E-state index in [-0.39, 0.29) is 23.9 Å². The van der Waals surface area contributed by atoms with Gasteiger partial charge in [0.05, 0.1) is 11.5 Å². The Balaban J connectivity index is 2.08. The Bertz CT molecular complexity index is 667. The Morgan fingerprint density at radius 2 is 1.50 bits per heavy atom. The van der Waals surface area contributed by atoms with Crippen molar-refractivity contribution in [1.29, 1.82) is 0 Å². The SMILES string of the molecule is O=S(=O)(NCc1ccc(F)cc1)c1ccc(CO)cc1. The van der Waals surface area contributed by atoms with Crippen molar-refractivity contribution in [3.05, 3.63) is 65.5 Å². The van der Waals surface area contributed by atoms with Gasteiger partial charge in [0.15, 0.2) is 0 Å². The second-order valence-electron chi connectivity index (χ2n) is 4.25. The highest BCUT2D eigenvalue weighted by molar-refractivity contribution is 7.89. The minimum atomic E-state index is -3.62. The van der Waals surface area contributed by atoms with E-state index in [9.17, 15) is 12.8 Å². The summed E-state index contributed by atoms with van der Waals surface area (Å²) in [6, 6.07) is 11.6. The summed E-state index contributed by atoms with van der Waals surface area (Å²) in [5, 5.41) is 8.91. The largest absolute Gasteiger partial charge is 0.392 e. The standard InChI is InChI=1S/C14H14FNO3S/c15-13-5-1-11(2-6-13)9-16-20(18,19)14-7-3-12(10-17)4-8-14/h1-8,16-17H,9-10H2. The number of rotatable bonds is 5. The van der Waals surface area contributed by atoms with Gasteiger partial charge in [0.2, 0.25) is 10.0 Å². The first-order valence-electron chi connectivity index (χ1n) is 5.95. The molecular formula is C14H14FNO3S. The molecule has 0 fully saturated rings. The van der Waals surface area contributed by atoms with Gasteiger partial charge in [-0.3, -0.25) is 0 Å². The van der Waals surface area contributed by atoms with Gasteiger partial charge in [-0.25, -0.2) is 17.5 Å². The van der Waals surface area contributed by atoms with Crippen LogP contribution in [0.3, 0.4) is 0 Å². The smallest absolute Gasteiger partial charge is 0.240 e. The summed E-state index contributed by atoms with van der Waals surface area (Å²) in [7, 11) is -3.62. The summed E-state index contributed by atoms with van der Waals surface area (Å²) in [4.78, 5) is 0.122. The molecule has 0 aromatic heterocycles. The van der Waals surface area contributed by atoms with Gasteiger partial charge in [0.25, 0.3) is 0 Å². The zero-order valence-corrected chi connectivity index (χ0v) is 11.4. The van der Waals surface area contributed by atoms with Crippen LogP contribution >= 0.6 is 0 Å². The number of nitrogens with one attached hydrogen (secondary N) is 1. The lowest BCUT2D eigenvalue weighted by atomic mass is 10.2. The second kappa shape index (κ2) is 6.13. The predicted octanol–water partition coefficient (Wildman–Crippen LogP) is 1.80. The number of hydrogen-bond donors (Lipinski definition) is 2. The summed E-state index contributed by atoms with van der Waals surface area (Å²) < 4.78 is 39.2. The fourth-order valence-electron chi connectivity index (χ4n) is 1.64. The lowest BCUT2D eigenvalue weighted by Gasteiger charge is -2.07. The van der Waals surface area contributed by atoms with E-state index in [2.05, 4.69) is 4.72 Å². The summed E-state index contributed by atoms with van der Waals surface area (Å²) in [5.74, 6) is -0.365. The van der Waals surface area contributed by atoms with Crippen LogP contribution in [0.5, 0.6) is 0 Å². The third kappa shape index (κ3) is 3.63. The van der Waals surface area contributed by atoms with Crippen molar-refractivity contribution in [3.63, 3.8) is 0 Å². The van der Waals surface area contributed by atoms with E-state index in [1.165, 1.54) is 36.4 Å². The van der Waals surface area contributed by atoms with E-state index >= 15 is 0 Å². The number of halogens is 1. The van der Waals surface area contributed by atoms with Crippen LogP contribution < -0.4 is 4.72 Å². The molecule has 4 nitrogen and oxygen atoms in total. The molecule has 2 aromatic rings. The van der Waals surface area contributed by atoms with E-state index in [0.29, 0.717) is 11.1 Å². The van der Waals surface area contributed by atoms with Gasteiger partial charge in [-0.1, -0.05) is 24.3 Å². The maximum atomic E-state index is 12.7. The summed E-state index contributed by atoms with van der Waals surface area (Å²) in [5.41, 5.74) is 1.31. The Hall–Kier alpha value is -1.76. The molecule has 0 atom stereocenters. The van der Waals surface area contributed by atoms with Gasteiger partial charge >= 0.3 is 0 Å². The Labute approximate surface area is 116 Å². The highest BCUT2D eigenvalue weighted by atomic mass is 32.2. The van der Waals surface area contributed by atoms with Crippen LogP contribution in [0.2, 0.25) is 0 Å². The van der Waals surface area contributed by atoms with Gasteiger partial charge in [0, 0.05) is 6.54 Å². The number of benzene rings is 2. The highest BCUT2D eigenvalue weighted by Crippen LogP contribution is 2.11. The molecule has 0 unspecified atom stereocenters. The van der Waals surface area contributed by atoms with Crippen LogP contribution in [0.4, 0.5) is 4.39 Å². The number of aliphatic hydroxyl groups is 1. The molecule has 2 aromatic carbocycles. The molecule has 106 valence electrons. The third-order valence-corrected chi connectivity index (χ3v) is 4.21. The molecule has 6 heteroatoms. The minimum absolute atomic E-state index is 0.0877. The maximum absolute atomic E-state index is 12.7. The van der Waals surface area contributed by atoms with Crippen LogP contribution in [0.15, 0.2) is 53.4 Å². The molecular weight excluding hydrogens is 281 g/mol. The molecule has 0 saturated heterocycles. The first-order valence-corrected chi connectivity index (χ1v) is 7.43. The first-order chi connectivity index (χ1) is 9.51. The number of sulfonamides is 1. The van der Waals surface area contributed by atoms with E-state index in [0.717, 1.165) is 0 Å². The molecule has 0 heterocycles. The lowest BCUT2D eigenvalue weighted by Crippen LogP contribution is -2.23. The zero-order chi connectivity index (χ0) is 14.6. The van der Waals surface area contributed by atoms with E-state index in [1.54, 1.807) is 12.1 Å². The lowest BCUT2D eigenvalue weighted by molar-refractivity contribution is 0.282. The van der Waals surface area contributed by atoms with Crippen molar-refractivity contribution in [3.8, 4) is 0 Å². The van der Waals surface area contributed by atoms with Gasteiger partial charge in [-0.15, -0.1) is 0 Å². The summed E-state index contributed by atoms with van der Waals surface area (Å²) >= 11 is 0. The van der Waals surface area contributed by atoms with Gasteiger partial charge < -0.3 is 5.11 Å². The van der Waals surface area contributed by atoms with Crippen molar-refractivity contribution >= 4 is 10.0 Å². The van der Waals surface area contributed by atoms with Gasteiger partial charge in [0.1, 0.15) is 5.82 Å². The summed E-state index contributed by atoms with van der Waals surface area (Å²) in [6.07, 6.45) is 0. The fraction of sp³-hybridized carbons (Fsp3) is 0.143. The Morgan fingerprint density at radius 3 is 2.05 bits per heavy atom. The first kappa shape index (κ1) is 14.6. The third-order valence-electron chi connectivity index (χ3n) is 2.80. The second-order valence-corrected chi connectivity index (χ2v) is 6.02.